The van der Waals surface area contributed by atoms with E-state index in [1.165, 1.54) is 32.1 Å². The second-order valence-electron chi connectivity index (χ2n) is 6.83. The van der Waals surface area contributed by atoms with E-state index in [0.717, 1.165) is 24.8 Å². The average molecular weight is 290 g/mol. The summed E-state index contributed by atoms with van der Waals surface area (Å²) in [6, 6.07) is 0. The number of alkyl halides is 2. The minimum Gasteiger partial charge on any atom is -0.356 e. The maximum absolute atomic E-state index is 11.6. The monoisotopic (exact) mass is 289 g/mol. The lowest BCUT2D eigenvalue weighted by Crippen LogP contribution is -2.56. The van der Waals surface area contributed by atoms with Crippen molar-refractivity contribution in [1.82, 2.24) is 5.32 Å². The Morgan fingerprint density at radius 1 is 1.22 bits per heavy atom. The second kappa shape index (κ2) is 4.56. The first kappa shape index (κ1) is 13.1. The highest BCUT2D eigenvalue weighted by atomic mass is 35.5. The van der Waals surface area contributed by atoms with Gasteiger partial charge in [-0.05, 0) is 55.8 Å². The summed E-state index contributed by atoms with van der Waals surface area (Å²) < 4.78 is 0. The van der Waals surface area contributed by atoms with Crippen LogP contribution in [0, 0.1) is 17.3 Å². The van der Waals surface area contributed by atoms with Crippen LogP contribution in [0.1, 0.15) is 44.9 Å². The van der Waals surface area contributed by atoms with Gasteiger partial charge in [0.2, 0.25) is 5.91 Å². The van der Waals surface area contributed by atoms with Crippen molar-refractivity contribution in [3.8, 4) is 0 Å². The lowest BCUT2D eigenvalue weighted by atomic mass is 9.49. The number of halogens is 2. The van der Waals surface area contributed by atoms with Crippen LogP contribution in [0.4, 0.5) is 0 Å². The summed E-state index contributed by atoms with van der Waals surface area (Å²) in [5.41, 5.74) is 0.286. The minimum atomic E-state index is 0.0430. The maximum Gasteiger partial charge on any atom is 0.221 e. The van der Waals surface area contributed by atoms with E-state index in [-0.39, 0.29) is 16.2 Å². The zero-order chi connectivity index (χ0) is 12.8. The van der Waals surface area contributed by atoms with Crippen LogP contribution in [0.5, 0.6) is 0 Å². The SMILES string of the molecule is O=C(CCCl)NCC12CC3CC(CC(Cl)(C3)C1)C2. The van der Waals surface area contributed by atoms with Gasteiger partial charge in [-0.25, -0.2) is 0 Å². The quantitative estimate of drug-likeness (QED) is 0.791. The fourth-order valence-electron chi connectivity index (χ4n) is 5.00. The van der Waals surface area contributed by atoms with E-state index in [2.05, 4.69) is 5.32 Å². The van der Waals surface area contributed by atoms with Gasteiger partial charge in [0.1, 0.15) is 0 Å². The molecule has 18 heavy (non-hydrogen) atoms. The van der Waals surface area contributed by atoms with E-state index >= 15 is 0 Å². The first-order valence-corrected chi connectivity index (χ1v) is 7.95. The number of hydrogen-bond donors (Lipinski definition) is 1. The summed E-state index contributed by atoms with van der Waals surface area (Å²) in [5, 5.41) is 3.08. The Labute approximate surface area is 119 Å². The molecular formula is C14H21Cl2NO. The first-order chi connectivity index (χ1) is 8.53. The van der Waals surface area contributed by atoms with Crippen molar-refractivity contribution in [2.75, 3.05) is 12.4 Å². The molecule has 0 aromatic heterocycles. The third kappa shape index (κ3) is 2.38. The Balaban J connectivity index is 1.66. The Bertz CT molecular complexity index is 344. The van der Waals surface area contributed by atoms with Gasteiger partial charge in [0, 0.05) is 23.7 Å². The van der Waals surface area contributed by atoms with Crippen LogP contribution in [-0.4, -0.2) is 23.2 Å². The largest absolute Gasteiger partial charge is 0.356 e. The molecule has 0 aromatic rings. The normalized spacial score (nSPS) is 45.2. The van der Waals surface area contributed by atoms with E-state index in [1.54, 1.807) is 0 Å². The molecule has 102 valence electrons. The standard InChI is InChI=1S/C14H21Cl2NO/c15-2-1-12(18)17-9-13-4-10-3-11(5-13)7-14(16,6-10)8-13/h10-11H,1-9H2,(H,17,18). The molecule has 4 aliphatic rings. The molecule has 0 spiro atoms. The summed E-state index contributed by atoms with van der Waals surface area (Å²) in [7, 11) is 0. The Kier molecular flexibility index (Phi) is 3.30. The van der Waals surface area contributed by atoms with Crippen LogP contribution in [0.15, 0.2) is 0 Å². The van der Waals surface area contributed by atoms with Crippen molar-refractivity contribution in [3.63, 3.8) is 0 Å². The molecule has 0 aliphatic heterocycles. The van der Waals surface area contributed by atoms with Crippen molar-refractivity contribution in [3.05, 3.63) is 0 Å². The molecule has 2 atom stereocenters. The van der Waals surface area contributed by atoms with Gasteiger partial charge in [-0.1, -0.05) is 0 Å². The van der Waals surface area contributed by atoms with Gasteiger partial charge >= 0.3 is 0 Å². The third-order valence-electron chi connectivity index (χ3n) is 5.09. The predicted molar refractivity (Wildman–Crippen MR) is 74.0 cm³/mol. The predicted octanol–water partition coefficient (Wildman–Crippen LogP) is 3.31. The van der Waals surface area contributed by atoms with Gasteiger partial charge < -0.3 is 5.32 Å². The lowest BCUT2D eigenvalue weighted by Gasteiger charge is -2.60. The summed E-state index contributed by atoms with van der Waals surface area (Å²) in [6.45, 7) is 0.810. The summed E-state index contributed by atoms with van der Waals surface area (Å²) in [6.07, 6.45) is 7.81. The summed E-state index contributed by atoms with van der Waals surface area (Å²) >= 11 is 12.4. The second-order valence-corrected chi connectivity index (χ2v) is 8.01. The molecule has 0 saturated heterocycles. The van der Waals surface area contributed by atoms with E-state index < -0.39 is 0 Å². The van der Waals surface area contributed by atoms with Gasteiger partial charge in [-0.3, -0.25) is 4.79 Å². The van der Waals surface area contributed by atoms with E-state index in [0.29, 0.717) is 12.3 Å². The molecule has 4 rings (SSSR count). The lowest BCUT2D eigenvalue weighted by molar-refractivity contribution is -0.122. The van der Waals surface area contributed by atoms with Gasteiger partial charge in [0.05, 0.1) is 0 Å². The van der Waals surface area contributed by atoms with Crippen LogP contribution in [0.3, 0.4) is 0 Å². The van der Waals surface area contributed by atoms with E-state index in [9.17, 15) is 4.79 Å². The van der Waals surface area contributed by atoms with Crippen molar-refractivity contribution in [2.45, 2.75) is 49.8 Å². The molecule has 0 radical (unpaired) electrons. The van der Waals surface area contributed by atoms with Crippen LogP contribution in [0.25, 0.3) is 0 Å². The molecular weight excluding hydrogens is 269 g/mol. The number of nitrogens with one attached hydrogen (secondary N) is 1. The molecule has 0 aromatic carbocycles. The molecule has 4 aliphatic carbocycles. The fourth-order valence-corrected chi connectivity index (χ4v) is 5.89. The molecule has 2 unspecified atom stereocenters. The highest BCUT2D eigenvalue weighted by Crippen LogP contribution is 2.63. The van der Waals surface area contributed by atoms with Gasteiger partial charge in [0.25, 0.3) is 0 Å². The molecule has 2 nitrogen and oxygen atoms in total. The highest BCUT2D eigenvalue weighted by Gasteiger charge is 2.56. The zero-order valence-electron chi connectivity index (χ0n) is 10.7. The summed E-state index contributed by atoms with van der Waals surface area (Å²) in [5.74, 6) is 2.09. The van der Waals surface area contributed by atoms with E-state index in [1.807, 2.05) is 0 Å². The van der Waals surface area contributed by atoms with Gasteiger partial charge in [0.15, 0.2) is 0 Å². The van der Waals surface area contributed by atoms with Crippen LogP contribution in [0.2, 0.25) is 0 Å². The zero-order valence-corrected chi connectivity index (χ0v) is 12.2. The fraction of sp³-hybridized carbons (Fsp3) is 0.929. The van der Waals surface area contributed by atoms with Crippen LogP contribution < -0.4 is 5.32 Å². The topological polar surface area (TPSA) is 29.1 Å². The molecule has 4 fully saturated rings. The molecule has 1 N–H and O–H groups in total. The van der Waals surface area contributed by atoms with Crippen molar-refractivity contribution < 1.29 is 4.79 Å². The average Bonchev–Trinajstić information content (AvgIpc) is 2.23. The van der Waals surface area contributed by atoms with Gasteiger partial charge in [-0.2, -0.15) is 0 Å². The van der Waals surface area contributed by atoms with Crippen LogP contribution in [-0.2, 0) is 4.79 Å². The van der Waals surface area contributed by atoms with Crippen molar-refractivity contribution in [2.24, 2.45) is 17.3 Å². The number of carbonyl (C=O) groups is 1. The molecule has 4 saturated carbocycles. The number of hydrogen-bond acceptors (Lipinski definition) is 1. The van der Waals surface area contributed by atoms with Crippen LogP contribution >= 0.6 is 23.2 Å². The molecule has 0 heterocycles. The Morgan fingerprint density at radius 2 is 1.89 bits per heavy atom. The third-order valence-corrected chi connectivity index (χ3v) is 5.72. The smallest absolute Gasteiger partial charge is 0.221 e. The number of rotatable bonds is 4. The maximum atomic E-state index is 11.6. The van der Waals surface area contributed by atoms with Crippen molar-refractivity contribution in [1.29, 1.82) is 0 Å². The number of amides is 1. The van der Waals surface area contributed by atoms with Gasteiger partial charge in [-0.15, -0.1) is 23.2 Å². The first-order valence-electron chi connectivity index (χ1n) is 7.04. The Hall–Kier alpha value is 0.0500. The molecule has 4 heteroatoms. The molecule has 4 bridgehead atoms. The number of carbonyl (C=O) groups excluding carboxylic acids is 1. The Morgan fingerprint density at radius 3 is 2.44 bits per heavy atom. The van der Waals surface area contributed by atoms with Crippen molar-refractivity contribution >= 4 is 29.1 Å². The van der Waals surface area contributed by atoms with E-state index in [4.69, 9.17) is 23.2 Å². The molecule has 1 amide bonds. The summed E-state index contributed by atoms with van der Waals surface area (Å²) in [4.78, 5) is 11.6. The highest BCUT2D eigenvalue weighted by molar-refractivity contribution is 6.24. The minimum absolute atomic E-state index is 0.0430.